The first kappa shape index (κ1) is 20.3. The maximum Gasteiger partial charge on any atom is 0.241 e. The molecule has 1 fully saturated rings. The number of aromatic amines is 1. The molecule has 0 saturated carbocycles. The Kier molecular flexibility index (Phi) is 5.52. The van der Waals surface area contributed by atoms with E-state index in [1.807, 2.05) is 24.3 Å². The zero-order valence-corrected chi connectivity index (χ0v) is 16.5. The van der Waals surface area contributed by atoms with E-state index in [1.54, 1.807) is 24.4 Å². The van der Waals surface area contributed by atoms with Crippen molar-refractivity contribution >= 4 is 16.8 Å². The highest BCUT2D eigenvalue weighted by molar-refractivity contribution is 5.87. The zero-order chi connectivity index (χ0) is 22.0. The molecule has 0 spiro atoms. The van der Waals surface area contributed by atoms with E-state index in [9.17, 15) is 14.4 Å². The van der Waals surface area contributed by atoms with Gasteiger partial charge in [-0.05, 0) is 36.2 Å². The Hall–Kier alpha value is -3.95. The van der Waals surface area contributed by atoms with Gasteiger partial charge < -0.3 is 20.4 Å². The summed E-state index contributed by atoms with van der Waals surface area (Å²) >= 11 is 0. The van der Waals surface area contributed by atoms with Gasteiger partial charge in [0.15, 0.2) is 0 Å². The van der Waals surface area contributed by atoms with Crippen LogP contribution in [-0.2, 0) is 11.2 Å². The summed E-state index contributed by atoms with van der Waals surface area (Å²) in [5.74, 6) is 0.449. The number of nitriles is 2. The molecule has 3 heterocycles. The summed E-state index contributed by atoms with van der Waals surface area (Å²) in [5, 5.41) is 18.9. The molecule has 1 amide bonds. The quantitative estimate of drug-likeness (QED) is 0.654. The zero-order valence-electron chi connectivity index (χ0n) is 16.5. The molecule has 0 bridgehead atoms. The number of nitrogens with one attached hydrogen (secondary N) is 1. The number of likely N-dealkylation sites (tertiary alicyclic amines) is 1. The number of halogens is 1. The van der Waals surface area contributed by atoms with E-state index in [2.05, 4.69) is 9.97 Å². The fourth-order valence-electron chi connectivity index (χ4n) is 3.71. The summed E-state index contributed by atoms with van der Waals surface area (Å²) in [6, 6.07) is 10.9. The van der Waals surface area contributed by atoms with Crippen LogP contribution in [0.4, 0.5) is 4.39 Å². The predicted octanol–water partition coefficient (Wildman–Crippen LogP) is 2.56. The third-order valence-electron chi connectivity index (χ3n) is 5.27. The molecular weight excluding hydrogens is 399 g/mol. The summed E-state index contributed by atoms with van der Waals surface area (Å²) < 4.78 is 19.4. The van der Waals surface area contributed by atoms with Crippen molar-refractivity contribution in [1.82, 2.24) is 14.9 Å². The molecule has 1 unspecified atom stereocenters. The van der Waals surface area contributed by atoms with Crippen LogP contribution in [0.15, 0.2) is 42.7 Å². The lowest BCUT2D eigenvalue weighted by Gasteiger charge is -2.23. The van der Waals surface area contributed by atoms with E-state index >= 15 is 0 Å². The number of ether oxygens (including phenoxy) is 1. The highest BCUT2D eigenvalue weighted by Crippen LogP contribution is 2.28. The van der Waals surface area contributed by atoms with E-state index in [-0.39, 0.29) is 19.4 Å². The number of nitrogens with two attached hydrogens (primary N) is 1. The number of pyridine rings is 1. The van der Waals surface area contributed by atoms with Crippen molar-refractivity contribution in [2.24, 2.45) is 5.73 Å². The first-order chi connectivity index (χ1) is 15.0. The first-order valence-electron chi connectivity index (χ1n) is 9.72. The van der Waals surface area contributed by atoms with Gasteiger partial charge in [-0.2, -0.15) is 10.5 Å². The number of aromatic nitrogens is 2. The van der Waals surface area contributed by atoms with Gasteiger partial charge in [-0.15, -0.1) is 0 Å². The number of hydrogen-bond donors (Lipinski definition) is 2. The van der Waals surface area contributed by atoms with Crippen molar-refractivity contribution < 1.29 is 13.9 Å². The van der Waals surface area contributed by atoms with E-state index in [4.69, 9.17) is 15.7 Å². The molecule has 1 saturated heterocycles. The van der Waals surface area contributed by atoms with Crippen LogP contribution in [0.5, 0.6) is 11.6 Å². The molecule has 2 aromatic heterocycles. The minimum Gasteiger partial charge on any atom is -0.439 e. The third kappa shape index (κ3) is 4.18. The van der Waals surface area contributed by atoms with Gasteiger partial charge in [0, 0.05) is 35.8 Å². The van der Waals surface area contributed by atoms with Crippen LogP contribution in [0, 0.1) is 22.7 Å². The van der Waals surface area contributed by atoms with Gasteiger partial charge in [0.25, 0.3) is 0 Å². The smallest absolute Gasteiger partial charge is 0.241 e. The van der Waals surface area contributed by atoms with E-state index in [0.717, 1.165) is 16.5 Å². The SMILES string of the molecule is N#Cc1ccc(Oc2ccc3[nH]cc(C[C@H](N)C(=O)N4CC(F)C[C@H]4C#N)c3c2)nc1. The van der Waals surface area contributed by atoms with E-state index in [1.165, 1.54) is 11.1 Å². The van der Waals surface area contributed by atoms with Crippen molar-refractivity contribution in [1.29, 1.82) is 10.5 Å². The van der Waals surface area contributed by atoms with Gasteiger partial charge in [-0.1, -0.05) is 0 Å². The van der Waals surface area contributed by atoms with Crippen LogP contribution in [0.1, 0.15) is 17.5 Å². The Labute approximate surface area is 177 Å². The number of alkyl halides is 1. The third-order valence-corrected chi connectivity index (χ3v) is 5.27. The van der Waals surface area contributed by atoms with Gasteiger partial charge in [0.2, 0.25) is 11.8 Å². The lowest BCUT2D eigenvalue weighted by atomic mass is 10.0. The van der Waals surface area contributed by atoms with Crippen molar-refractivity contribution in [3.05, 3.63) is 53.9 Å². The number of fused-ring (bicyclic) bond motifs is 1. The second kappa shape index (κ2) is 8.42. The number of nitrogens with zero attached hydrogens (tertiary/aromatic N) is 4. The number of benzene rings is 1. The Morgan fingerprint density at radius 2 is 2.23 bits per heavy atom. The Bertz CT molecular complexity index is 1190. The molecule has 0 aliphatic carbocycles. The number of carbonyl (C=O) groups excluding carboxylic acids is 1. The molecular formula is C22H19FN6O2. The van der Waals surface area contributed by atoms with Crippen molar-refractivity contribution in [3.8, 4) is 23.8 Å². The van der Waals surface area contributed by atoms with Crippen molar-refractivity contribution in [3.63, 3.8) is 0 Å². The standard InChI is InChI=1S/C22H19FN6O2/c23-15-6-16(9-25)29(12-15)22(30)19(26)5-14-11-27-20-3-2-17(7-18(14)20)31-21-4-1-13(8-24)10-28-21/h1-4,7,10-11,15-16,19,27H,5-6,12,26H2/t15?,16-,19-/m0/s1. The summed E-state index contributed by atoms with van der Waals surface area (Å²) in [6.45, 7) is -0.103. The summed E-state index contributed by atoms with van der Waals surface area (Å²) in [6.07, 6.45) is 2.24. The fraction of sp³-hybridized carbons (Fsp3) is 0.273. The van der Waals surface area contributed by atoms with Crippen molar-refractivity contribution in [2.45, 2.75) is 31.1 Å². The van der Waals surface area contributed by atoms with Crippen molar-refractivity contribution in [2.75, 3.05) is 6.54 Å². The molecule has 3 atom stereocenters. The highest BCUT2D eigenvalue weighted by Gasteiger charge is 2.37. The monoisotopic (exact) mass is 418 g/mol. The molecule has 3 N–H and O–H groups in total. The Morgan fingerprint density at radius 1 is 1.39 bits per heavy atom. The lowest BCUT2D eigenvalue weighted by Crippen LogP contribution is -2.46. The van der Waals surface area contributed by atoms with Crippen LogP contribution in [-0.4, -0.2) is 45.6 Å². The number of carbonyl (C=O) groups is 1. The fourth-order valence-corrected chi connectivity index (χ4v) is 3.71. The summed E-state index contributed by atoms with van der Waals surface area (Å²) in [5.41, 5.74) is 8.21. The normalized spacial score (nSPS) is 19.0. The molecule has 1 aliphatic rings. The molecule has 1 aliphatic heterocycles. The van der Waals surface area contributed by atoms with Crippen LogP contribution >= 0.6 is 0 Å². The molecule has 31 heavy (non-hydrogen) atoms. The number of hydrogen-bond acceptors (Lipinski definition) is 6. The van der Waals surface area contributed by atoms with Crippen LogP contribution in [0.25, 0.3) is 10.9 Å². The van der Waals surface area contributed by atoms with Crippen LogP contribution < -0.4 is 10.5 Å². The molecule has 156 valence electrons. The minimum absolute atomic E-state index is 0.0200. The second-order valence-electron chi connectivity index (χ2n) is 7.40. The van der Waals surface area contributed by atoms with Crippen LogP contribution in [0.3, 0.4) is 0 Å². The number of rotatable bonds is 5. The van der Waals surface area contributed by atoms with Crippen LogP contribution in [0.2, 0.25) is 0 Å². The number of H-pyrrole nitrogens is 1. The Balaban J connectivity index is 1.51. The largest absolute Gasteiger partial charge is 0.439 e. The van der Waals surface area contributed by atoms with Gasteiger partial charge in [0.1, 0.15) is 24.0 Å². The first-order valence-corrected chi connectivity index (χ1v) is 9.72. The van der Waals surface area contributed by atoms with Gasteiger partial charge in [0.05, 0.1) is 24.2 Å². The summed E-state index contributed by atoms with van der Waals surface area (Å²) in [7, 11) is 0. The maximum absolute atomic E-state index is 13.7. The second-order valence-corrected chi connectivity index (χ2v) is 7.40. The topological polar surface area (TPSA) is 132 Å². The predicted molar refractivity (Wildman–Crippen MR) is 110 cm³/mol. The van der Waals surface area contributed by atoms with Gasteiger partial charge >= 0.3 is 0 Å². The van der Waals surface area contributed by atoms with Gasteiger partial charge in [-0.25, -0.2) is 9.37 Å². The lowest BCUT2D eigenvalue weighted by molar-refractivity contribution is -0.132. The molecule has 9 heteroatoms. The highest BCUT2D eigenvalue weighted by atomic mass is 19.1. The average Bonchev–Trinajstić information content (AvgIpc) is 3.36. The minimum atomic E-state index is -1.20. The summed E-state index contributed by atoms with van der Waals surface area (Å²) in [4.78, 5) is 21.2. The van der Waals surface area contributed by atoms with Gasteiger partial charge in [-0.3, -0.25) is 4.79 Å². The molecule has 8 nitrogen and oxygen atoms in total. The molecule has 0 radical (unpaired) electrons. The Morgan fingerprint density at radius 3 is 2.94 bits per heavy atom. The van der Waals surface area contributed by atoms with E-state index < -0.39 is 24.2 Å². The maximum atomic E-state index is 13.7. The van der Waals surface area contributed by atoms with E-state index in [0.29, 0.717) is 17.2 Å². The molecule has 4 rings (SSSR count). The molecule has 3 aromatic rings. The average molecular weight is 418 g/mol. The number of amides is 1. The molecule has 1 aromatic carbocycles.